The van der Waals surface area contributed by atoms with Crippen LogP contribution in [0.3, 0.4) is 0 Å². The van der Waals surface area contributed by atoms with Crippen molar-refractivity contribution >= 4 is 15.9 Å². The monoisotopic (exact) mass is 269 g/mol. The first kappa shape index (κ1) is 11.3. The second-order valence-electron chi connectivity index (χ2n) is 2.48. The van der Waals surface area contributed by atoms with Crippen LogP contribution in [0.15, 0.2) is 22.7 Å². The molecule has 14 heavy (non-hydrogen) atoms. The molecule has 1 aromatic carbocycles. The van der Waals surface area contributed by atoms with Gasteiger partial charge in [0.15, 0.2) is 0 Å². The number of nitrogens with two attached hydrogens (primary N) is 1. The normalized spacial score (nSPS) is 11.5. The number of alkyl halides is 3. The van der Waals surface area contributed by atoms with Gasteiger partial charge in [-0.25, -0.2) is 0 Å². The predicted molar refractivity (Wildman–Crippen MR) is 48.7 cm³/mol. The van der Waals surface area contributed by atoms with Crippen LogP contribution >= 0.6 is 15.9 Å². The van der Waals surface area contributed by atoms with E-state index in [0.29, 0.717) is 5.56 Å². The third-order valence-electron chi connectivity index (χ3n) is 1.49. The Morgan fingerprint density at radius 1 is 1.36 bits per heavy atom. The third kappa shape index (κ3) is 2.88. The zero-order chi connectivity index (χ0) is 10.8. The van der Waals surface area contributed by atoms with Gasteiger partial charge >= 0.3 is 6.36 Å². The van der Waals surface area contributed by atoms with E-state index < -0.39 is 6.36 Å². The lowest BCUT2D eigenvalue weighted by molar-refractivity contribution is -0.274. The molecule has 0 aliphatic carbocycles. The molecule has 0 spiro atoms. The largest absolute Gasteiger partial charge is 0.573 e. The first-order valence-corrected chi connectivity index (χ1v) is 4.46. The summed E-state index contributed by atoms with van der Waals surface area (Å²) in [5.74, 6) is -0.277. The van der Waals surface area contributed by atoms with Crippen molar-refractivity contribution in [1.29, 1.82) is 0 Å². The molecule has 2 N–H and O–H groups in total. The van der Waals surface area contributed by atoms with Crippen LogP contribution in [0, 0.1) is 0 Å². The van der Waals surface area contributed by atoms with Crippen LogP contribution in [0.1, 0.15) is 5.56 Å². The smallest absolute Gasteiger partial charge is 0.405 e. The Labute approximate surface area is 87.0 Å². The number of hydrogen-bond donors (Lipinski definition) is 1. The van der Waals surface area contributed by atoms with E-state index in [1.54, 1.807) is 6.07 Å². The molecular formula is C8H7BrF3NO. The van der Waals surface area contributed by atoms with E-state index >= 15 is 0 Å². The molecule has 0 bridgehead atoms. The fraction of sp³-hybridized carbons (Fsp3) is 0.250. The lowest BCUT2D eigenvalue weighted by Gasteiger charge is -2.12. The van der Waals surface area contributed by atoms with Crippen molar-refractivity contribution in [3.8, 4) is 5.75 Å². The topological polar surface area (TPSA) is 35.2 Å². The van der Waals surface area contributed by atoms with E-state index in [0.717, 1.165) is 0 Å². The highest BCUT2D eigenvalue weighted by atomic mass is 79.9. The van der Waals surface area contributed by atoms with E-state index in [4.69, 9.17) is 5.73 Å². The van der Waals surface area contributed by atoms with Gasteiger partial charge in [-0.3, -0.25) is 0 Å². The van der Waals surface area contributed by atoms with Crippen LogP contribution in [0.25, 0.3) is 0 Å². The van der Waals surface area contributed by atoms with Gasteiger partial charge in [-0.15, -0.1) is 13.2 Å². The molecule has 2 nitrogen and oxygen atoms in total. The molecule has 1 rings (SSSR count). The Kier molecular flexibility index (Phi) is 3.38. The summed E-state index contributed by atoms with van der Waals surface area (Å²) in [6.07, 6.45) is -4.68. The van der Waals surface area contributed by atoms with Gasteiger partial charge in [-0.05, 0) is 27.6 Å². The zero-order valence-corrected chi connectivity index (χ0v) is 8.52. The number of hydrogen-bond acceptors (Lipinski definition) is 2. The summed E-state index contributed by atoms with van der Waals surface area (Å²) >= 11 is 2.99. The number of ether oxygens (including phenoxy) is 1. The average Bonchev–Trinajstić information content (AvgIpc) is 2.06. The first-order valence-electron chi connectivity index (χ1n) is 3.67. The Hall–Kier alpha value is -0.750. The van der Waals surface area contributed by atoms with Crippen LogP contribution in [0.2, 0.25) is 0 Å². The summed E-state index contributed by atoms with van der Waals surface area (Å²) in [6.45, 7) is 0.148. The maximum atomic E-state index is 11.9. The quantitative estimate of drug-likeness (QED) is 0.896. The molecule has 0 atom stereocenters. The minimum absolute atomic E-state index is 0.148. The standard InChI is InChI=1S/C8H7BrF3NO/c9-7-5(4-13)2-1-3-6(7)14-8(10,11)12/h1-3H,4,13H2. The fourth-order valence-electron chi connectivity index (χ4n) is 0.917. The van der Waals surface area contributed by atoms with Crippen molar-refractivity contribution in [3.63, 3.8) is 0 Å². The zero-order valence-electron chi connectivity index (χ0n) is 6.94. The van der Waals surface area contributed by atoms with Crippen molar-refractivity contribution in [2.24, 2.45) is 5.73 Å². The average molecular weight is 270 g/mol. The molecule has 0 saturated heterocycles. The van der Waals surface area contributed by atoms with Crippen LogP contribution in [-0.2, 0) is 6.54 Å². The molecule has 0 aliphatic heterocycles. The van der Waals surface area contributed by atoms with Crippen molar-refractivity contribution < 1.29 is 17.9 Å². The SMILES string of the molecule is NCc1cccc(OC(F)(F)F)c1Br. The van der Waals surface area contributed by atoms with Crippen LogP contribution in [-0.4, -0.2) is 6.36 Å². The number of halogens is 4. The Morgan fingerprint density at radius 2 is 2.00 bits per heavy atom. The lowest BCUT2D eigenvalue weighted by atomic mass is 10.2. The van der Waals surface area contributed by atoms with Crippen molar-refractivity contribution in [2.45, 2.75) is 12.9 Å². The van der Waals surface area contributed by atoms with Gasteiger partial charge < -0.3 is 10.5 Å². The van der Waals surface area contributed by atoms with E-state index in [-0.39, 0.29) is 16.8 Å². The van der Waals surface area contributed by atoms with E-state index in [2.05, 4.69) is 20.7 Å². The summed E-state index contributed by atoms with van der Waals surface area (Å²) in [6, 6.07) is 4.29. The van der Waals surface area contributed by atoms with E-state index in [1.807, 2.05) is 0 Å². The van der Waals surface area contributed by atoms with Crippen molar-refractivity contribution in [3.05, 3.63) is 28.2 Å². The molecule has 0 radical (unpaired) electrons. The van der Waals surface area contributed by atoms with Crippen molar-refractivity contribution in [1.82, 2.24) is 0 Å². The maximum absolute atomic E-state index is 11.9. The number of benzene rings is 1. The second-order valence-corrected chi connectivity index (χ2v) is 3.27. The predicted octanol–water partition coefficient (Wildman–Crippen LogP) is 2.81. The molecule has 78 valence electrons. The van der Waals surface area contributed by atoms with Gasteiger partial charge in [-0.1, -0.05) is 12.1 Å². The summed E-state index contributed by atoms with van der Waals surface area (Å²) in [5.41, 5.74) is 5.88. The van der Waals surface area contributed by atoms with Crippen LogP contribution in [0.5, 0.6) is 5.75 Å². The second kappa shape index (κ2) is 4.18. The third-order valence-corrected chi connectivity index (χ3v) is 2.39. The summed E-state index contributed by atoms with van der Waals surface area (Å²) in [5, 5.41) is 0. The molecule has 0 amide bonds. The van der Waals surface area contributed by atoms with Gasteiger partial charge in [0.1, 0.15) is 5.75 Å². The molecular weight excluding hydrogens is 263 g/mol. The molecule has 0 fully saturated rings. The fourth-order valence-corrected chi connectivity index (χ4v) is 1.42. The minimum atomic E-state index is -4.68. The summed E-state index contributed by atoms with van der Waals surface area (Å²) in [7, 11) is 0. The molecule has 0 heterocycles. The molecule has 6 heteroatoms. The molecule has 1 aromatic rings. The van der Waals surface area contributed by atoms with Gasteiger partial charge in [0.2, 0.25) is 0 Å². The molecule has 0 saturated carbocycles. The van der Waals surface area contributed by atoms with E-state index in [1.165, 1.54) is 12.1 Å². The highest BCUT2D eigenvalue weighted by Gasteiger charge is 2.32. The van der Waals surface area contributed by atoms with Gasteiger partial charge in [0, 0.05) is 6.54 Å². The molecule has 0 aliphatic rings. The molecule has 0 unspecified atom stereocenters. The van der Waals surface area contributed by atoms with E-state index in [9.17, 15) is 13.2 Å². The number of rotatable bonds is 2. The highest BCUT2D eigenvalue weighted by molar-refractivity contribution is 9.10. The Balaban J connectivity index is 2.98. The summed E-state index contributed by atoms with van der Waals surface area (Å²) < 4.78 is 39.7. The maximum Gasteiger partial charge on any atom is 0.573 e. The Morgan fingerprint density at radius 3 is 2.50 bits per heavy atom. The van der Waals surface area contributed by atoms with Crippen LogP contribution < -0.4 is 10.5 Å². The van der Waals surface area contributed by atoms with Gasteiger partial charge in [0.05, 0.1) is 4.47 Å². The minimum Gasteiger partial charge on any atom is -0.405 e. The highest BCUT2D eigenvalue weighted by Crippen LogP contribution is 2.32. The summed E-state index contributed by atoms with van der Waals surface area (Å²) in [4.78, 5) is 0. The first-order chi connectivity index (χ1) is 6.44. The lowest BCUT2D eigenvalue weighted by Crippen LogP contribution is -2.17. The van der Waals surface area contributed by atoms with Crippen molar-refractivity contribution in [2.75, 3.05) is 0 Å². The Bertz CT molecular complexity index is 327. The van der Waals surface area contributed by atoms with Gasteiger partial charge in [0.25, 0.3) is 0 Å². The molecule has 0 aromatic heterocycles. The van der Waals surface area contributed by atoms with Gasteiger partial charge in [-0.2, -0.15) is 0 Å². The van der Waals surface area contributed by atoms with Crippen LogP contribution in [0.4, 0.5) is 13.2 Å².